The van der Waals surface area contributed by atoms with Gasteiger partial charge in [0, 0.05) is 19.9 Å². The predicted molar refractivity (Wildman–Crippen MR) is 89.2 cm³/mol. The van der Waals surface area contributed by atoms with Crippen LogP contribution in [0.5, 0.6) is 0 Å². The Morgan fingerprint density at radius 2 is 2.32 bits per heavy atom. The molecule has 10 nitrogen and oxygen atoms in total. The molecule has 0 saturated carbocycles. The molecule has 0 aliphatic carbocycles. The summed E-state index contributed by atoms with van der Waals surface area (Å²) in [5.74, 6) is 2.20. The first kappa shape index (κ1) is 15.9. The largest absolute Gasteiger partial charge is 0.383 e. The Kier molecular flexibility index (Phi) is 4.28. The molecular formula is C15H20N8O2. The van der Waals surface area contributed by atoms with Gasteiger partial charge < -0.3 is 19.4 Å². The number of hydrogen-bond acceptors (Lipinski definition) is 8. The first-order valence-corrected chi connectivity index (χ1v) is 8.19. The molecule has 3 aromatic heterocycles. The Balaban J connectivity index is 1.56. The molecule has 10 heteroatoms. The van der Waals surface area contributed by atoms with Gasteiger partial charge in [0.2, 0.25) is 5.82 Å². The van der Waals surface area contributed by atoms with Crippen LogP contribution in [0.15, 0.2) is 12.3 Å². The molecule has 0 spiro atoms. The lowest BCUT2D eigenvalue weighted by Gasteiger charge is -2.32. The monoisotopic (exact) mass is 344 g/mol. The summed E-state index contributed by atoms with van der Waals surface area (Å²) in [6.45, 7) is 4.94. The molecule has 0 amide bonds. The summed E-state index contributed by atoms with van der Waals surface area (Å²) in [6.07, 6.45) is 1.63. The third kappa shape index (κ3) is 3.17. The van der Waals surface area contributed by atoms with Gasteiger partial charge in [0.25, 0.3) is 0 Å². The fourth-order valence-corrected chi connectivity index (χ4v) is 2.92. The standard InChI is InChI=1S/C15H20N8O2/c1-10-17-11-3-4-16-13(11)15(18-10)22-5-8-25-12(9-22)14-19-21-23(20-14)6-7-24-2/h3-4,12,16H,5-9H2,1-2H3. The summed E-state index contributed by atoms with van der Waals surface area (Å²) in [5, 5.41) is 12.6. The van der Waals surface area contributed by atoms with E-state index in [4.69, 9.17) is 9.47 Å². The number of aromatic nitrogens is 7. The molecule has 1 unspecified atom stereocenters. The number of fused-ring (bicyclic) bond motifs is 1. The first-order valence-electron chi connectivity index (χ1n) is 8.19. The van der Waals surface area contributed by atoms with Crippen molar-refractivity contribution in [2.24, 2.45) is 0 Å². The maximum absolute atomic E-state index is 5.85. The van der Waals surface area contributed by atoms with Gasteiger partial charge in [-0.15, -0.1) is 10.2 Å². The van der Waals surface area contributed by atoms with Crippen LogP contribution >= 0.6 is 0 Å². The van der Waals surface area contributed by atoms with E-state index in [1.165, 1.54) is 4.80 Å². The van der Waals surface area contributed by atoms with Gasteiger partial charge in [-0.05, 0) is 18.2 Å². The fraction of sp³-hybridized carbons (Fsp3) is 0.533. The minimum atomic E-state index is -0.245. The molecule has 0 bridgehead atoms. The average Bonchev–Trinajstić information content (AvgIpc) is 3.28. The topological polar surface area (TPSA) is 107 Å². The minimum Gasteiger partial charge on any atom is -0.383 e. The van der Waals surface area contributed by atoms with Crippen LogP contribution in [0, 0.1) is 6.92 Å². The number of nitrogens with one attached hydrogen (secondary N) is 1. The van der Waals surface area contributed by atoms with Crippen LogP contribution in [-0.4, -0.2) is 68.6 Å². The summed E-state index contributed by atoms with van der Waals surface area (Å²) < 4.78 is 10.9. The zero-order valence-corrected chi connectivity index (χ0v) is 14.2. The Labute approximate surface area is 144 Å². The molecule has 1 N–H and O–H groups in total. The lowest BCUT2D eigenvalue weighted by atomic mass is 10.2. The molecule has 1 saturated heterocycles. The van der Waals surface area contributed by atoms with E-state index in [9.17, 15) is 0 Å². The third-order valence-corrected chi connectivity index (χ3v) is 4.12. The highest BCUT2D eigenvalue weighted by Crippen LogP contribution is 2.27. The van der Waals surface area contributed by atoms with Crippen molar-refractivity contribution in [1.82, 2.24) is 35.2 Å². The van der Waals surface area contributed by atoms with Crippen LogP contribution in [0.3, 0.4) is 0 Å². The molecule has 0 radical (unpaired) electrons. The maximum atomic E-state index is 5.85. The number of nitrogens with zero attached hydrogens (tertiary/aromatic N) is 7. The summed E-state index contributed by atoms with van der Waals surface area (Å²) in [7, 11) is 1.64. The van der Waals surface area contributed by atoms with Crippen molar-refractivity contribution in [3.8, 4) is 0 Å². The second-order valence-electron chi connectivity index (χ2n) is 5.87. The quantitative estimate of drug-likeness (QED) is 0.712. The second kappa shape index (κ2) is 6.73. The number of anilines is 1. The van der Waals surface area contributed by atoms with Gasteiger partial charge in [0.15, 0.2) is 5.82 Å². The van der Waals surface area contributed by atoms with Crippen molar-refractivity contribution in [3.63, 3.8) is 0 Å². The van der Waals surface area contributed by atoms with Crippen LogP contribution in [-0.2, 0) is 16.0 Å². The number of aryl methyl sites for hydroxylation is 1. The van der Waals surface area contributed by atoms with Gasteiger partial charge in [0.05, 0.1) is 31.8 Å². The number of aromatic amines is 1. The highest BCUT2D eigenvalue weighted by atomic mass is 16.5. The van der Waals surface area contributed by atoms with E-state index in [1.807, 2.05) is 19.2 Å². The SMILES string of the molecule is COCCn1nnc(C2CN(c3nc(C)nc4cc[nH]c34)CCO2)n1. The zero-order valence-electron chi connectivity index (χ0n) is 14.2. The van der Waals surface area contributed by atoms with Crippen molar-refractivity contribution in [1.29, 1.82) is 0 Å². The molecular weight excluding hydrogens is 324 g/mol. The number of ether oxygens (including phenoxy) is 2. The normalized spacial score (nSPS) is 18.2. The number of tetrazole rings is 1. The van der Waals surface area contributed by atoms with Crippen molar-refractivity contribution in [2.45, 2.75) is 19.6 Å². The maximum Gasteiger partial charge on any atom is 0.205 e. The van der Waals surface area contributed by atoms with Crippen LogP contribution in [0.2, 0.25) is 0 Å². The number of hydrogen-bond donors (Lipinski definition) is 1. The summed E-state index contributed by atoms with van der Waals surface area (Å²) in [4.78, 5) is 16.0. The Morgan fingerprint density at radius 3 is 3.20 bits per heavy atom. The zero-order chi connectivity index (χ0) is 17.2. The Hall–Kier alpha value is -2.59. The van der Waals surface area contributed by atoms with Crippen LogP contribution in [0.4, 0.5) is 5.82 Å². The Morgan fingerprint density at radius 1 is 1.40 bits per heavy atom. The number of H-pyrrole nitrogens is 1. The van der Waals surface area contributed by atoms with Gasteiger partial charge in [-0.25, -0.2) is 9.97 Å². The van der Waals surface area contributed by atoms with Crippen molar-refractivity contribution < 1.29 is 9.47 Å². The van der Waals surface area contributed by atoms with Crippen molar-refractivity contribution >= 4 is 16.9 Å². The number of morpholine rings is 1. The Bertz CT molecular complexity index is 860. The molecule has 0 aromatic carbocycles. The van der Waals surface area contributed by atoms with Gasteiger partial charge in [-0.3, -0.25) is 0 Å². The van der Waals surface area contributed by atoms with E-state index in [0.29, 0.717) is 32.1 Å². The van der Waals surface area contributed by atoms with E-state index in [0.717, 1.165) is 29.2 Å². The smallest absolute Gasteiger partial charge is 0.205 e. The predicted octanol–water partition coefficient (Wildman–Crippen LogP) is 0.477. The highest BCUT2D eigenvalue weighted by Gasteiger charge is 2.28. The van der Waals surface area contributed by atoms with Gasteiger partial charge in [-0.1, -0.05) is 0 Å². The third-order valence-electron chi connectivity index (χ3n) is 4.12. The summed E-state index contributed by atoms with van der Waals surface area (Å²) in [6, 6.07) is 1.95. The number of rotatable bonds is 5. The van der Waals surface area contributed by atoms with Crippen LogP contribution < -0.4 is 4.90 Å². The van der Waals surface area contributed by atoms with Crippen LogP contribution in [0.1, 0.15) is 17.8 Å². The molecule has 4 rings (SSSR count). The van der Waals surface area contributed by atoms with Gasteiger partial charge in [-0.2, -0.15) is 4.80 Å². The van der Waals surface area contributed by atoms with E-state index in [1.54, 1.807) is 7.11 Å². The number of methoxy groups -OCH3 is 1. The summed E-state index contributed by atoms with van der Waals surface area (Å²) >= 11 is 0. The fourth-order valence-electron chi connectivity index (χ4n) is 2.92. The first-order chi connectivity index (χ1) is 12.2. The van der Waals surface area contributed by atoms with E-state index in [2.05, 4.69) is 35.3 Å². The second-order valence-corrected chi connectivity index (χ2v) is 5.87. The van der Waals surface area contributed by atoms with Gasteiger partial charge >= 0.3 is 0 Å². The average molecular weight is 344 g/mol. The molecule has 3 aromatic rings. The molecule has 1 atom stereocenters. The van der Waals surface area contributed by atoms with Gasteiger partial charge in [0.1, 0.15) is 17.4 Å². The van der Waals surface area contributed by atoms with E-state index in [-0.39, 0.29) is 6.10 Å². The lowest BCUT2D eigenvalue weighted by Crippen LogP contribution is -2.39. The molecule has 1 fully saturated rings. The minimum absolute atomic E-state index is 0.245. The van der Waals surface area contributed by atoms with E-state index >= 15 is 0 Å². The van der Waals surface area contributed by atoms with Crippen molar-refractivity contribution in [3.05, 3.63) is 23.9 Å². The summed E-state index contributed by atoms with van der Waals surface area (Å²) in [5.41, 5.74) is 1.84. The van der Waals surface area contributed by atoms with Crippen molar-refractivity contribution in [2.75, 3.05) is 38.3 Å². The lowest BCUT2D eigenvalue weighted by molar-refractivity contribution is 0.0335. The molecule has 1 aliphatic heterocycles. The molecule has 25 heavy (non-hydrogen) atoms. The molecule has 1 aliphatic rings. The van der Waals surface area contributed by atoms with Crippen LogP contribution in [0.25, 0.3) is 11.0 Å². The highest BCUT2D eigenvalue weighted by molar-refractivity contribution is 5.86. The molecule has 132 valence electrons. The molecule has 4 heterocycles. The van der Waals surface area contributed by atoms with E-state index < -0.39 is 0 Å².